The van der Waals surface area contributed by atoms with Crippen molar-refractivity contribution in [3.8, 4) is 11.6 Å². The Labute approximate surface area is 115 Å². The monoisotopic (exact) mass is 277 g/mol. The molecule has 0 radical (unpaired) electrons. The highest BCUT2D eigenvalue weighted by atomic mass is 16.5. The number of hydrogen-bond acceptors (Lipinski definition) is 6. The quantitative estimate of drug-likeness (QED) is 0.833. The van der Waals surface area contributed by atoms with Crippen LogP contribution in [0.3, 0.4) is 0 Å². The standard InChI is InChI=1S/C13H15N3O4/c17-12(16-5-8-18-9-6-16)4-3-11-14-13(15-20-11)10-2-1-7-19-10/h1-2,7H,3-6,8-9H2. The Kier molecular flexibility index (Phi) is 3.78. The molecular formula is C13H15N3O4. The summed E-state index contributed by atoms with van der Waals surface area (Å²) in [6, 6.07) is 3.51. The lowest BCUT2D eigenvalue weighted by Gasteiger charge is -2.26. The smallest absolute Gasteiger partial charge is 0.238 e. The molecule has 0 unspecified atom stereocenters. The van der Waals surface area contributed by atoms with Crippen molar-refractivity contribution < 1.29 is 18.5 Å². The number of rotatable bonds is 4. The molecule has 106 valence electrons. The fraction of sp³-hybridized carbons (Fsp3) is 0.462. The maximum atomic E-state index is 12.0. The van der Waals surface area contributed by atoms with Crippen molar-refractivity contribution in [2.24, 2.45) is 0 Å². The van der Waals surface area contributed by atoms with Crippen molar-refractivity contribution in [1.82, 2.24) is 15.0 Å². The van der Waals surface area contributed by atoms with Gasteiger partial charge in [-0.1, -0.05) is 5.16 Å². The molecule has 2 aromatic heterocycles. The fourth-order valence-corrected chi connectivity index (χ4v) is 2.05. The number of morpholine rings is 1. The zero-order valence-corrected chi connectivity index (χ0v) is 10.9. The molecule has 0 N–H and O–H groups in total. The normalized spacial score (nSPS) is 15.5. The van der Waals surface area contributed by atoms with Gasteiger partial charge in [0.25, 0.3) is 0 Å². The van der Waals surface area contributed by atoms with Gasteiger partial charge in [-0.2, -0.15) is 4.98 Å². The number of aromatic nitrogens is 2. The molecule has 1 saturated heterocycles. The van der Waals surface area contributed by atoms with Gasteiger partial charge in [-0.3, -0.25) is 4.79 Å². The van der Waals surface area contributed by atoms with Gasteiger partial charge < -0.3 is 18.6 Å². The zero-order valence-electron chi connectivity index (χ0n) is 10.9. The van der Waals surface area contributed by atoms with E-state index in [2.05, 4.69) is 10.1 Å². The summed E-state index contributed by atoms with van der Waals surface area (Å²) in [6.07, 6.45) is 2.34. The molecule has 1 aliphatic heterocycles. The third-order valence-corrected chi connectivity index (χ3v) is 3.13. The first-order valence-electron chi connectivity index (χ1n) is 6.55. The van der Waals surface area contributed by atoms with Gasteiger partial charge in [0.05, 0.1) is 19.5 Å². The summed E-state index contributed by atoms with van der Waals surface area (Å²) in [6.45, 7) is 2.52. The van der Waals surface area contributed by atoms with Crippen molar-refractivity contribution in [3.63, 3.8) is 0 Å². The Morgan fingerprint density at radius 2 is 2.20 bits per heavy atom. The van der Waals surface area contributed by atoms with Crippen LogP contribution in [-0.2, 0) is 16.0 Å². The molecule has 0 spiro atoms. The summed E-state index contributed by atoms with van der Waals surface area (Å²) in [5.74, 6) is 1.49. The van der Waals surface area contributed by atoms with E-state index in [-0.39, 0.29) is 5.91 Å². The van der Waals surface area contributed by atoms with Crippen LogP contribution in [0.15, 0.2) is 27.3 Å². The summed E-state index contributed by atoms with van der Waals surface area (Å²) in [5, 5.41) is 3.82. The average Bonchev–Trinajstić information content (AvgIpc) is 3.16. The number of furan rings is 1. The molecule has 0 bridgehead atoms. The lowest BCUT2D eigenvalue weighted by atomic mass is 10.2. The summed E-state index contributed by atoms with van der Waals surface area (Å²) in [7, 11) is 0. The molecule has 7 nitrogen and oxygen atoms in total. The molecule has 2 aromatic rings. The van der Waals surface area contributed by atoms with Gasteiger partial charge in [-0.15, -0.1) is 0 Å². The van der Waals surface area contributed by atoms with E-state index in [4.69, 9.17) is 13.7 Å². The highest BCUT2D eigenvalue weighted by Gasteiger charge is 2.18. The van der Waals surface area contributed by atoms with Gasteiger partial charge >= 0.3 is 0 Å². The van der Waals surface area contributed by atoms with E-state index >= 15 is 0 Å². The van der Waals surface area contributed by atoms with E-state index in [1.807, 2.05) is 0 Å². The zero-order chi connectivity index (χ0) is 13.8. The lowest BCUT2D eigenvalue weighted by Crippen LogP contribution is -2.40. The van der Waals surface area contributed by atoms with E-state index in [0.717, 1.165) is 0 Å². The first-order valence-corrected chi connectivity index (χ1v) is 6.55. The fourth-order valence-electron chi connectivity index (χ4n) is 2.05. The maximum absolute atomic E-state index is 12.0. The van der Waals surface area contributed by atoms with Crippen LogP contribution in [0.4, 0.5) is 0 Å². The van der Waals surface area contributed by atoms with Crippen LogP contribution < -0.4 is 0 Å². The van der Waals surface area contributed by atoms with Crippen molar-refractivity contribution in [3.05, 3.63) is 24.3 Å². The second-order valence-corrected chi connectivity index (χ2v) is 4.48. The Morgan fingerprint density at radius 1 is 1.35 bits per heavy atom. The van der Waals surface area contributed by atoms with Gasteiger partial charge in [0.2, 0.25) is 17.6 Å². The summed E-state index contributed by atoms with van der Waals surface area (Å²) in [4.78, 5) is 18.0. The average molecular weight is 277 g/mol. The first kappa shape index (κ1) is 12.9. The van der Waals surface area contributed by atoms with Crippen LogP contribution in [-0.4, -0.2) is 47.3 Å². The maximum Gasteiger partial charge on any atom is 0.238 e. The number of amides is 1. The van der Waals surface area contributed by atoms with Crippen molar-refractivity contribution in [1.29, 1.82) is 0 Å². The van der Waals surface area contributed by atoms with Gasteiger partial charge in [0.15, 0.2) is 5.76 Å². The highest BCUT2D eigenvalue weighted by Crippen LogP contribution is 2.16. The van der Waals surface area contributed by atoms with Crippen LogP contribution in [0, 0.1) is 0 Å². The van der Waals surface area contributed by atoms with Crippen LogP contribution in [0.5, 0.6) is 0 Å². The highest BCUT2D eigenvalue weighted by molar-refractivity contribution is 5.76. The number of carbonyl (C=O) groups excluding carboxylic acids is 1. The van der Waals surface area contributed by atoms with Crippen molar-refractivity contribution >= 4 is 5.91 Å². The molecular weight excluding hydrogens is 262 g/mol. The van der Waals surface area contributed by atoms with E-state index < -0.39 is 0 Å². The third-order valence-electron chi connectivity index (χ3n) is 3.13. The van der Waals surface area contributed by atoms with Crippen LogP contribution in [0.2, 0.25) is 0 Å². The van der Waals surface area contributed by atoms with Crippen molar-refractivity contribution in [2.75, 3.05) is 26.3 Å². The molecule has 0 aliphatic carbocycles. The minimum Gasteiger partial charge on any atom is -0.461 e. The number of carbonyl (C=O) groups is 1. The van der Waals surface area contributed by atoms with E-state index in [0.29, 0.717) is 56.6 Å². The van der Waals surface area contributed by atoms with Crippen LogP contribution in [0.1, 0.15) is 12.3 Å². The van der Waals surface area contributed by atoms with Gasteiger partial charge in [-0.05, 0) is 12.1 Å². The van der Waals surface area contributed by atoms with Gasteiger partial charge in [0, 0.05) is 25.9 Å². The second-order valence-electron chi connectivity index (χ2n) is 4.48. The Bertz CT molecular complexity index is 558. The van der Waals surface area contributed by atoms with Gasteiger partial charge in [0.1, 0.15) is 0 Å². The minimum absolute atomic E-state index is 0.0889. The Hall–Kier alpha value is -2.15. The number of ether oxygens (including phenoxy) is 1. The molecule has 3 rings (SSSR count). The Morgan fingerprint density at radius 3 is 2.95 bits per heavy atom. The molecule has 1 amide bonds. The molecule has 0 aromatic carbocycles. The van der Waals surface area contributed by atoms with Crippen molar-refractivity contribution in [2.45, 2.75) is 12.8 Å². The second kappa shape index (κ2) is 5.87. The predicted octanol–water partition coefficient (Wildman–Crippen LogP) is 1.12. The number of hydrogen-bond donors (Lipinski definition) is 0. The molecule has 1 fully saturated rings. The van der Waals surface area contributed by atoms with Crippen LogP contribution in [0.25, 0.3) is 11.6 Å². The number of nitrogens with zero attached hydrogens (tertiary/aromatic N) is 3. The Balaban J connectivity index is 1.54. The molecule has 1 aliphatic rings. The third kappa shape index (κ3) is 2.88. The molecule has 3 heterocycles. The summed E-state index contributed by atoms with van der Waals surface area (Å²) < 4.78 is 15.5. The summed E-state index contributed by atoms with van der Waals surface area (Å²) >= 11 is 0. The minimum atomic E-state index is 0.0889. The largest absolute Gasteiger partial charge is 0.461 e. The lowest BCUT2D eigenvalue weighted by molar-refractivity contribution is -0.135. The first-order chi connectivity index (χ1) is 9.83. The topological polar surface area (TPSA) is 81.6 Å². The number of aryl methyl sites for hydroxylation is 1. The van der Waals surface area contributed by atoms with E-state index in [1.165, 1.54) is 0 Å². The molecule has 7 heteroatoms. The molecule has 0 atom stereocenters. The SMILES string of the molecule is O=C(CCc1nc(-c2ccco2)no1)N1CCOCC1. The van der Waals surface area contributed by atoms with E-state index in [1.54, 1.807) is 23.3 Å². The molecule has 20 heavy (non-hydrogen) atoms. The van der Waals surface area contributed by atoms with Gasteiger partial charge in [-0.25, -0.2) is 0 Å². The van der Waals surface area contributed by atoms with Crippen LogP contribution >= 0.6 is 0 Å². The summed E-state index contributed by atoms with van der Waals surface area (Å²) in [5.41, 5.74) is 0. The predicted molar refractivity (Wildman–Crippen MR) is 67.7 cm³/mol. The van der Waals surface area contributed by atoms with E-state index in [9.17, 15) is 4.79 Å². The molecule has 0 saturated carbocycles.